The van der Waals surface area contributed by atoms with Crippen molar-refractivity contribution in [3.8, 4) is 5.75 Å². The Balaban J connectivity index is 2.05. The highest BCUT2D eigenvalue weighted by Gasteiger charge is 2.37. The van der Waals surface area contributed by atoms with Crippen LogP contribution in [0.1, 0.15) is 58.8 Å². The minimum atomic E-state index is 0.333. The highest BCUT2D eigenvalue weighted by atomic mass is 16.5. The third-order valence-electron chi connectivity index (χ3n) is 4.52. The molecule has 1 aliphatic carbocycles. The van der Waals surface area contributed by atoms with E-state index in [0.29, 0.717) is 11.5 Å². The number of rotatable bonds is 5. The Kier molecular flexibility index (Phi) is 4.68. The summed E-state index contributed by atoms with van der Waals surface area (Å²) in [6.07, 6.45) is 9.75. The third-order valence-corrected chi connectivity index (χ3v) is 4.52. The molecular weight excluding hydrogens is 220 g/mol. The summed E-state index contributed by atoms with van der Waals surface area (Å²) in [5.74, 6) is 1.02. The Labute approximate surface area is 112 Å². The largest absolute Gasteiger partial charge is 0.490 e. The van der Waals surface area contributed by atoms with Crippen molar-refractivity contribution in [3.63, 3.8) is 0 Å². The second-order valence-corrected chi connectivity index (χ2v) is 5.75. The van der Waals surface area contributed by atoms with Gasteiger partial charge in [-0.1, -0.05) is 50.8 Å². The van der Waals surface area contributed by atoms with Gasteiger partial charge in [0.05, 0.1) is 0 Å². The third kappa shape index (κ3) is 3.07. The van der Waals surface area contributed by atoms with Crippen molar-refractivity contribution in [1.82, 2.24) is 0 Å². The van der Waals surface area contributed by atoms with E-state index < -0.39 is 0 Å². The Morgan fingerprint density at radius 2 is 1.78 bits per heavy atom. The molecule has 1 aromatic rings. The quantitative estimate of drug-likeness (QED) is 0.693. The molecule has 0 amide bonds. The van der Waals surface area contributed by atoms with Crippen LogP contribution in [-0.4, -0.2) is 6.10 Å². The minimum Gasteiger partial charge on any atom is -0.490 e. The molecule has 100 valence electrons. The van der Waals surface area contributed by atoms with Gasteiger partial charge in [-0.3, -0.25) is 0 Å². The summed E-state index contributed by atoms with van der Waals surface area (Å²) in [5.41, 5.74) is 0.419. The summed E-state index contributed by atoms with van der Waals surface area (Å²) in [6, 6.07) is 10.3. The van der Waals surface area contributed by atoms with Crippen LogP contribution in [0.3, 0.4) is 0 Å². The molecule has 18 heavy (non-hydrogen) atoms. The summed E-state index contributed by atoms with van der Waals surface area (Å²) >= 11 is 0. The fourth-order valence-corrected chi connectivity index (χ4v) is 3.44. The van der Waals surface area contributed by atoms with Gasteiger partial charge in [-0.15, -0.1) is 0 Å². The standard InChI is InChI=1S/C17H26O/c1-3-12-17(13-8-5-9-14-17)15(2)18-16-10-6-4-7-11-16/h4,6-7,10-11,15H,3,5,8-9,12-14H2,1-2H3. The summed E-state index contributed by atoms with van der Waals surface area (Å²) in [4.78, 5) is 0. The van der Waals surface area contributed by atoms with Crippen LogP contribution >= 0.6 is 0 Å². The fraction of sp³-hybridized carbons (Fsp3) is 0.647. The molecule has 2 rings (SSSR count). The molecular formula is C17H26O. The van der Waals surface area contributed by atoms with Crippen molar-refractivity contribution in [2.45, 2.75) is 64.9 Å². The van der Waals surface area contributed by atoms with E-state index in [1.54, 1.807) is 0 Å². The van der Waals surface area contributed by atoms with Crippen LogP contribution in [0.5, 0.6) is 5.75 Å². The summed E-state index contributed by atoms with van der Waals surface area (Å²) in [6.45, 7) is 4.57. The topological polar surface area (TPSA) is 9.23 Å². The first-order valence-electron chi connectivity index (χ1n) is 7.48. The first-order chi connectivity index (χ1) is 8.77. The van der Waals surface area contributed by atoms with E-state index in [4.69, 9.17) is 4.74 Å². The van der Waals surface area contributed by atoms with Gasteiger partial charge < -0.3 is 4.74 Å². The molecule has 0 aromatic heterocycles. The zero-order chi connectivity index (χ0) is 12.8. The fourth-order valence-electron chi connectivity index (χ4n) is 3.44. The Morgan fingerprint density at radius 1 is 1.11 bits per heavy atom. The first-order valence-corrected chi connectivity index (χ1v) is 7.48. The molecule has 1 fully saturated rings. The van der Waals surface area contributed by atoms with E-state index >= 15 is 0 Å². The van der Waals surface area contributed by atoms with Gasteiger partial charge in [-0.2, -0.15) is 0 Å². The smallest absolute Gasteiger partial charge is 0.119 e. The van der Waals surface area contributed by atoms with Gasteiger partial charge in [-0.05, 0) is 38.3 Å². The molecule has 0 aliphatic heterocycles. The van der Waals surface area contributed by atoms with E-state index in [2.05, 4.69) is 38.1 Å². The average Bonchev–Trinajstić information content (AvgIpc) is 2.41. The second-order valence-electron chi connectivity index (χ2n) is 5.75. The lowest BCUT2D eigenvalue weighted by Gasteiger charge is -2.42. The second kappa shape index (κ2) is 6.26. The predicted molar refractivity (Wildman–Crippen MR) is 77.0 cm³/mol. The highest BCUT2D eigenvalue weighted by Crippen LogP contribution is 2.44. The van der Waals surface area contributed by atoms with Crippen molar-refractivity contribution in [3.05, 3.63) is 30.3 Å². The van der Waals surface area contributed by atoms with Gasteiger partial charge in [0.25, 0.3) is 0 Å². The van der Waals surface area contributed by atoms with Crippen LogP contribution in [-0.2, 0) is 0 Å². The van der Waals surface area contributed by atoms with Crippen LogP contribution in [0.25, 0.3) is 0 Å². The van der Waals surface area contributed by atoms with Crippen molar-refractivity contribution in [2.24, 2.45) is 5.41 Å². The molecule has 1 unspecified atom stereocenters. The van der Waals surface area contributed by atoms with E-state index in [9.17, 15) is 0 Å². The van der Waals surface area contributed by atoms with Gasteiger partial charge in [-0.25, -0.2) is 0 Å². The summed E-state index contributed by atoms with van der Waals surface area (Å²) in [7, 11) is 0. The molecule has 0 saturated heterocycles. The average molecular weight is 246 g/mol. The number of ether oxygens (including phenoxy) is 1. The Bertz CT molecular complexity index is 332. The molecule has 1 aliphatic rings. The van der Waals surface area contributed by atoms with Crippen LogP contribution in [0.2, 0.25) is 0 Å². The van der Waals surface area contributed by atoms with Gasteiger partial charge in [0, 0.05) is 5.41 Å². The molecule has 1 nitrogen and oxygen atoms in total. The van der Waals surface area contributed by atoms with Crippen LogP contribution in [0.15, 0.2) is 30.3 Å². The maximum atomic E-state index is 6.21. The molecule has 0 heterocycles. The van der Waals surface area contributed by atoms with E-state index in [0.717, 1.165) is 5.75 Å². The molecule has 0 bridgehead atoms. The molecule has 1 aromatic carbocycles. The van der Waals surface area contributed by atoms with Gasteiger partial charge in [0.15, 0.2) is 0 Å². The Morgan fingerprint density at radius 3 is 2.39 bits per heavy atom. The van der Waals surface area contributed by atoms with Crippen LogP contribution in [0.4, 0.5) is 0 Å². The molecule has 0 spiro atoms. The molecule has 0 radical (unpaired) electrons. The van der Waals surface area contributed by atoms with Gasteiger partial charge >= 0.3 is 0 Å². The van der Waals surface area contributed by atoms with Crippen molar-refractivity contribution in [1.29, 1.82) is 0 Å². The van der Waals surface area contributed by atoms with Crippen molar-refractivity contribution >= 4 is 0 Å². The maximum absolute atomic E-state index is 6.21. The molecule has 0 N–H and O–H groups in total. The zero-order valence-corrected chi connectivity index (χ0v) is 11.8. The van der Waals surface area contributed by atoms with Crippen molar-refractivity contribution in [2.75, 3.05) is 0 Å². The molecule has 1 heteroatoms. The van der Waals surface area contributed by atoms with Crippen LogP contribution < -0.4 is 4.74 Å². The number of hydrogen-bond donors (Lipinski definition) is 0. The normalized spacial score (nSPS) is 20.3. The first kappa shape index (κ1) is 13.5. The molecule has 1 saturated carbocycles. The monoisotopic (exact) mass is 246 g/mol. The summed E-state index contributed by atoms with van der Waals surface area (Å²) < 4.78 is 6.21. The maximum Gasteiger partial charge on any atom is 0.119 e. The lowest BCUT2D eigenvalue weighted by molar-refractivity contribution is 0.0185. The SMILES string of the molecule is CCCC1(C(C)Oc2ccccc2)CCCCC1. The zero-order valence-electron chi connectivity index (χ0n) is 11.8. The van der Waals surface area contributed by atoms with Gasteiger partial charge in [0.1, 0.15) is 11.9 Å². The number of para-hydroxylation sites is 1. The summed E-state index contributed by atoms with van der Waals surface area (Å²) in [5, 5.41) is 0. The van der Waals surface area contributed by atoms with Gasteiger partial charge in [0.2, 0.25) is 0 Å². The predicted octanol–water partition coefficient (Wildman–Crippen LogP) is 5.20. The van der Waals surface area contributed by atoms with E-state index in [-0.39, 0.29) is 0 Å². The molecule has 1 atom stereocenters. The van der Waals surface area contributed by atoms with E-state index in [1.165, 1.54) is 44.9 Å². The van der Waals surface area contributed by atoms with Crippen molar-refractivity contribution < 1.29 is 4.74 Å². The van der Waals surface area contributed by atoms with Crippen LogP contribution in [0, 0.1) is 5.41 Å². The number of hydrogen-bond acceptors (Lipinski definition) is 1. The van der Waals surface area contributed by atoms with E-state index in [1.807, 2.05) is 6.07 Å². The lowest BCUT2D eigenvalue weighted by atomic mass is 9.68. The Hall–Kier alpha value is -0.980. The number of benzene rings is 1. The highest BCUT2D eigenvalue weighted by molar-refractivity contribution is 5.21. The lowest BCUT2D eigenvalue weighted by Crippen LogP contribution is -2.39. The minimum absolute atomic E-state index is 0.333.